The molecule has 1 aromatic heterocycles. The van der Waals surface area contributed by atoms with E-state index < -0.39 is 0 Å². The van der Waals surface area contributed by atoms with Crippen molar-refractivity contribution in [3.05, 3.63) is 21.3 Å². The average Bonchev–Trinajstić information content (AvgIpc) is 2.34. The third kappa shape index (κ3) is 2.75. The number of hydrogen-bond acceptors (Lipinski definition) is 3. The third-order valence-corrected chi connectivity index (χ3v) is 2.65. The van der Waals surface area contributed by atoms with Gasteiger partial charge in [0.15, 0.2) is 0 Å². The molecular weight excluding hydrogens is 192 g/mol. The van der Waals surface area contributed by atoms with Gasteiger partial charge in [-0.25, -0.2) is 5.43 Å². The lowest BCUT2D eigenvalue weighted by atomic mass is 10.2. The Balaban J connectivity index is 2.58. The van der Waals surface area contributed by atoms with E-state index in [2.05, 4.69) is 17.7 Å². The van der Waals surface area contributed by atoms with Crippen LogP contribution in [-0.4, -0.2) is 19.1 Å². The van der Waals surface area contributed by atoms with Gasteiger partial charge in [0, 0.05) is 20.1 Å². The quantitative estimate of drug-likeness (QED) is 0.762. The summed E-state index contributed by atoms with van der Waals surface area (Å²) in [5.41, 5.74) is 4.49. The highest BCUT2D eigenvalue weighted by molar-refractivity contribution is 7.14. The molecule has 1 heterocycles. The summed E-state index contributed by atoms with van der Waals surface area (Å²) in [7, 11) is 3.95. The number of nitrogens with one attached hydrogen (secondary N) is 1. The van der Waals surface area contributed by atoms with Crippen LogP contribution in [0.25, 0.3) is 0 Å². The topological polar surface area (TPSA) is 15.3 Å². The predicted molar refractivity (Wildman–Crippen MR) is 54.6 cm³/mol. The van der Waals surface area contributed by atoms with E-state index in [0.29, 0.717) is 6.04 Å². The van der Waals surface area contributed by atoms with Crippen molar-refractivity contribution in [2.45, 2.75) is 13.0 Å². The highest BCUT2D eigenvalue weighted by atomic mass is 35.5. The molecule has 1 aromatic rings. The molecule has 0 aliphatic rings. The Morgan fingerprint density at radius 1 is 1.58 bits per heavy atom. The molecule has 0 bridgehead atoms. The fourth-order valence-electron chi connectivity index (χ4n) is 1.01. The second-order valence-electron chi connectivity index (χ2n) is 2.93. The molecule has 0 aromatic carbocycles. The minimum Gasteiger partial charge on any atom is -0.250 e. The van der Waals surface area contributed by atoms with Crippen LogP contribution in [0.15, 0.2) is 11.4 Å². The minimum absolute atomic E-state index is 0.323. The van der Waals surface area contributed by atoms with Crippen LogP contribution in [0.2, 0.25) is 4.34 Å². The molecule has 0 fully saturated rings. The van der Waals surface area contributed by atoms with Gasteiger partial charge in [0.05, 0.1) is 4.34 Å². The van der Waals surface area contributed by atoms with Crippen molar-refractivity contribution in [3.63, 3.8) is 0 Å². The molecule has 0 aliphatic heterocycles. The van der Waals surface area contributed by atoms with E-state index in [1.54, 1.807) is 11.3 Å². The van der Waals surface area contributed by atoms with Crippen molar-refractivity contribution in [1.82, 2.24) is 10.4 Å². The normalized spacial score (nSPS) is 13.8. The number of thiophene rings is 1. The van der Waals surface area contributed by atoms with Crippen molar-refractivity contribution in [3.8, 4) is 0 Å². The molecule has 1 unspecified atom stereocenters. The highest BCUT2D eigenvalue weighted by Gasteiger charge is 2.06. The Morgan fingerprint density at radius 2 is 2.25 bits per heavy atom. The second-order valence-corrected chi connectivity index (χ2v) is 4.47. The van der Waals surface area contributed by atoms with E-state index in [4.69, 9.17) is 11.6 Å². The van der Waals surface area contributed by atoms with Crippen molar-refractivity contribution in [2.75, 3.05) is 14.1 Å². The maximum Gasteiger partial charge on any atom is 0.0931 e. The number of hydrazine groups is 1. The summed E-state index contributed by atoms with van der Waals surface area (Å²) in [4.78, 5) is 0. The summed E-state index contributed by atoms with van der Waals surface area (Å²) in [6.45, 7) is 2.11. The lowest BCUT2D eigenvalue weighted by Gasteiger charge is -2.18. The van der Waals surface area contributed by atoms with E-state index in [-0.39, 0.29) is 0 Å². The highest BCUT2D eigenvalue weighted by Crippen LogP contribution is 2.24. The molecule has 1 N–H and O–H groups in total. The lowest BCUT2D eigenvalue weighted by Crippen LogP contribution is -2.32. The summed E-state index contributed by atoms with van der Waals surface area (Å²) in [5.74, 6) is 0. The SMILES string of the molecule is CC(NN(C)C)c1csc(Cl)c1. The molecule has 12 heavy (non-hydrogen) atoms. The first-order valence-electron chi connectivity index (χ1n) is 3.77. The first-order valence-corrected chi connectivity index (χ1v) is 5.03. The number of hydrogen-bond donors (Lipinski definition) is 1. The van der Waals surface area contributed by atoms with Gasteiger partial charge in [0.2, 0.25) is 0 Å². The van der Waals surface area contributed by atoms with Gasteiger partial charge >= 0.3 is 0 Å². The molecule has 68 valence electrons. The lowest BCUT2D eigenvalue weighted by molar-refractivity contribution is 0.252. The Hall–Kier alpha value is -0.0900. The standard InChI is InChI=1S/C8H13ClN2S/c1-6(10-11(2)3)7-4-8(9)12-5-7/h4-6,10H,1-3H3. The Kier molecular flexibility index (Phi) is 3.53. The molecule has 1 rings (SSSR count). The number of nitrogens with zero attached hydrogens (tertiary/aromatic N) is 1. The number of halogens is 1. The molecule has 0 aliphatic carbocycles. The van der Waals surface area contributed by atoms with Crippen LogP contribution in [0.5, 0.6) is 0 Å². The first-order chi connectivity index (χ1) is 5.59. The molecule has 0 saturated heterocycles. The fraction of sp³-hybridized carbons (Fsp3) is 0.500. The van der Waals surface area contributed by atoms with Gasteiger partial charge < -0.3 is 0 Å². The summed E-state index contributed by atoms with van der Waals surface area (Å²) in [5, 5.41) is 4.01. The Labute approximate surface area is 82.1 Å². The van der Waals surface area contributed by atoms with Crippen LogP contribution < -0.4 is 5.43 Å². The van der Waals surface area contributed by atoms with Gasteiger partial charge in [0.25, 0.3) is 0 Å². The molecular formula is C8H13ClN2S. The van der Waals surface area contributed by atoms with Gasteiger partial charge in [-0.1, -0.05) is 11.6 Å². The van der Waals surface area contributed by atoms with E-state index >= 15 is 0 Å². The molecule has 0 spiro atoms. The first kappa shape index (κ1) is 9.99. The van der Waals surface area contributed by atoms with Crippen LogP contribution in [0.3, 0.4) is 0 Å². The van der Waals surface area contributed by atoms with Crippen molar-refractivity contribution < 1.29 is 0 Å². The third-order valence-electron chi connectivity index (χ3n) is 1.54. The van der Waals surface area contributed by atoms with E-state index in [9.17, 15) is 0 Å². The fourth-order valence-corrected chi connectivity index (χ4v) is 2.00. The maximum absolute atomic E-state index is 5.82. The van der Waals surface area contributed by atoms with Crippen molar-refractivity contribution in [2.24, 2.45) is 0 Å². The zero-order valence-corrected chi connectivity index (χ0v) is 9.04. The van der Waals surface area contributed by atoms with E-state index in [1.807, 2.05) is 25.2 Å². The zero-order chi connectivity index (χ0) is 9.14. The molecule has 2 nitrogen and oxygen atoms in total. The van der Waals surface area contributed by atoms with E-state index in [0.717, 1.165) is 4.34 Å². The monoisotopic (exact) mass is 204 g/mol. The average molecular weight is 205 g/mol. The Bertz CT molecular complexity index is 247. The molecule has 4 heteroatoms. The minimum atomic E-state index is 0.323. The second kappa shape index (κ2) is 4.23. The van der Waals surface area contributed by atoms with Crippen LogP contribution in [0, 0.1) is 0 Å². The summed E-state index contributed by atoms with van der Waals surface area (Å²) in [6, 6.07) is 2.32. The van der Waals surface area contributed by atoms with Gasteiger partial charge in [-0.05, 0) is 23.9 Å². The van der Waals surface area contributed by atoms with Crippen LogP contribution in [0.1, 0.15) is 18.5 Å². The summed E-state index contributed by atoms with van der Waals surface area (Å²) >= 11 is 7.38. The molecule has 0 amide bonds. The molecule has 1 atom stereocenters. The smallest absolute Gasteiger partial charge is 0.0931 e. The zero-order valence-electron chi connectivity index (χ0n) is 7.47. The summed E-state index contributed by atoms with van der Waals surface area (Å²) < 4.78 is 0.845. The largest absolute Gasteiger partial charge is 0.250 e. The van der Waals surface area contributed by atoms with Crippen molar-refractivity contribution in [1.29, 1.82) is 0 Å². The van der Waals surface area contributed by atoms with Gasteiger partial charge in [-0.3, -0.25) is 5.01 Å². The molecule has 0 radical (unpaired) electrons. The maximum atomic E-state index is 5.82. The van der Waals surface area contributed by atoms with Crippen LogP contribution >= 0.6 is 22.9 Å². The number of rotatable bonds is 3. The van der Waals surface area contributed by atoms with Gasteiger partial charge in [-0.15, -0.1) is 11.3 Å². The van der Waals surface area contributed by atoms with Gasteiger partial charge in [-0.2, -0.15) is 0 Å². The van der Waals surface area contributed by atoms with Crippen LogP contribution in [0.4, 0.5) is 0 Å². The van der Waals surface area contributed by atoms with Crippen molar-refractivity contribution >= 4 is 22.9 Å². The summed E-state index contributed by atoms with van der Waals surface area (Å²) in [6.07, 6.45) is 0. The molecule has 0 saturated carbocycles. The Morgan fingerprint density at radius 3 is 2.67 bits per heavy atom. The van der Waals surface area contributed by atoms with E-state index in [1.165, 1.54) is 5.56 Å². The van der Waals surface area contributed by atoms with Crippen LogP contribution in [-0.2, 0) is 0 Å². The van der Waals surface area contributed by atoms with Gasteiger partial charge in [0.1, 0.15) is 0 Å². The predicted octanol–water partition coefficient (Wildman–Crippen LogP) is 2.53.